The van der Waals surface area contributed by atoms with Gasteiger partial charge in [-0.3, -0.25) is 19.7 Å². The summed E-state index contributed by atoms with van der Waals surface area (Å²) in [5.41, 5.74) is 1.40. The molecule has 0 aromatic heterocycles. The van der Waals surface area contributed by atoms with Crippen LogP contribution in [0.5, 0.6) is 0 Å². The maximum absolute atomic E-state index is 12.5. The van der Waals surface area contributed by atoms with Gasteiger partial charge in [0.25, 0.3) is 5.91 Å². The minimum absolute atomic E-state index is 0.0886. The molecule has 1 heterocycles. The average Bonchev–Trinajstić information content (AvgIpc) is 2.35. The summed E-state index contributed by atoms with van der Waals surface area (Å²) in [6.07, 6.45) is 0.470. The van der Waals surface area contributed by atoms with Gasteiger partial charge in [0, 0.05) is 10.0 Å². The number of piperazine rings is 1. The molecule has 0 aliphatic carbocycles. The van der Waals surface area contributed by atoms with E-state index in [0.29, 0.717) is 12.0 Å². The third-order valence-electron chi connectivity index (χ3n) is 3.19. The van der Waals surface area contributed by atoms with E-state index in [4.69, 9.17) is 0 Å². The van der Waals surface area contributed by atoms with E-state index in [1.165, 1.54) is 4.90 Å². The van der Waals surface area contributed by atoms with Crippen LogP contribution in [0.25, 0.3) is 0 Å². The number of imide groups is 1. The molecule has 1 fully saturated rings. The van der Waals surface area contributed by atoms with Crippen LogP contribution in [0, 0.1) is 6.92 Å². The predicted octanol–water partition coefficient (Wildman–Crippen LogP) is 1.63. The fourth-order valence-corrected chi connectivity index (χ4v) is 2.92. The Morgan fingerprint density at radius 3 is 2.70 bits per heavy atom. The maximum Gasteiger partial charge on any atom is 0.255 e. The van der Waals surface area contributed by atoms with Crippen molar-refractivity contribution in [1.29, 1.82) is 0 Å². The van der Waals surface area contributed by atoms with Crippen LogP contribution >= 0.6 is 15.9 Å². The van der Waals surface area contributed by atoms with Gasteiger partial charge in [-0.05, 0) is 37.1 Å². The van der Waals surface area contributed by atoms with Crippen molar-refractivity contribution in [3.05, 3.63) is 33.8 Å². The minimum atomic E-state index is -0.598. The summed E-state index contributed by atoms with van der Waals surface area (Å²) in [6.45, 7) is 3.61. The van der Waals surface area contributed by atoms with Crippen LogP contribution in [-0.2, 0) is 9.59 Å². The number of hydrogen-bond acceptors (Lipinski definition) is 3. The lowest BCUT2D eigenvalue weighted by atomic mass is 10.1. The molecule has 2 rings (SSSR count). The average molecular weight is 339 g/mol. The quantitative estimate of drug-likeness (QED) is 0.833. The molecule has 1 aromatic rings. The topological polar surface area (TPSA) is 66.5 Å². The molecular formula is C14H15BrN2O3. The lowest BCUT2D eigenvalue weighted by Crippen LogP contribution is -2.59. The number of hydrogen-bond donors (Lipinski definition) is 1. The second kappa shape index (κ2) is 5.75. The van der Waals surface area contributed by atoms with Crippen molar-refractivity contribution >= 4 is 33.7 Å². The van der Waals surface area contributed by atoms with Crippen LogP contribution in [-0.4, -0.2) is 35.2 Å². The lowest BCUT2D eigenvalue weighted by molar-refractivity contribution is -0.138. The highest BCUT2D eigenvalue weighted by Gasteiger charge is 2.35. The Morgan fingerprint density at radius 2 is 2.10 bits per heavy atom. The number of halogens is 1. The van der Waals surface area contributed by atoms with E-state index < -0.39 is 17.9 Å². The highest BCUT2D eigenvalue weighted by molar-refractivity contribution is 9.10. The van der Waals surface area contributed by atoms with Crippen LogP contribution in [0.1, 0.15) is 29.3 Å². The molecule has 0 spiro atoms. The minimum Gasteiger partial charge on any atom is -0.317 e. The summed E-state index contributed by atoms with van der Waals surface area (Å²) in [6, 6.07) is 4.73. The van der Waals surface area contributed by atoms with Crippen LogP contribution in [0.3, 0.4) is 0 Å². The predicted molar refractivity (Wildman–Crippen MR) is 77.1 cm³/mol. The van der Waals surface area contributed by atoms with Gasteiger partial charge in [-0.25, -0.2) is 0 Å². The van der Waals surface area contributed by atoms with Gasteiger partial charge in [-0.2, -0.15) is 0 Å². The maximum atomic E-state index is 12.5. The van der Waals surface area contributed by atoms with Gasteiger partial charge in [0.1, 0.15) is 12.6 Å². The number of rotatable bonds is 2. The summed E-state index contributed by atoms with van der Waals surface area (Å²) in [4.78, 5) is 37.1. The van der Waals surface area contributed by atoms with Crippen LogP contribution in [0.2, 0.25) is 0 Å². The molecule has 1 saturated heterocycles. The van der Waals surface area contributed by atoms with Crippen molar-refractivity contribution in [2.75, 3.05) is 6.54 Å². The summed E-state index contributed by atoms with van der Waals surface area (Å²) < 4.78 is 0.793. The molecule has 1 unspecified atom stereocenters. The Morgan fingerprint density at radius 1 is 1.40 bits per heavy atom. The largest absolute Gasteiger partial charge is 0.317 e. The van der Waals surface area contributed by atoms with E-state index in [2.05, 4.69) is 21.2 Å². The van der Waals surface area contributed by atoms with Crippen LogP contribution in [0.15, 0.2) is 22.7 Å². The Balaban J connectivity index is 2.34. The Hall–Kier alpha value is -1.69. The Bertz CT molecular complexity index is 566. The monoisotopic (exact) mass is 338 g/mol. The Kier molecular flexibility index (Phi) is 4.23. The second-order valence-electron chi connectivity index (χ2n) is 4.79. The van der Waals surface area contributed by atoms with Crippen LogP contribution in [0.4, 0.5) is 0 Å². The summed E-state index contributed by atoms with van der Waals surface area (Å²) in [5, 5.41) is 2.26. The standard InChI is InChI=1S/C14H15BrN2O3/c1-3-11-13(19)16-12(18)7-17(11)14(20)9-4-8(2)5-10(15)6-9/h4-6,11H,3,7H2,1-2H3,(H,16,18,19). The van der Waals surface area contributed by atoms with E-state index in [0.717, 1.165) is 10.0 Å². The summed E-state index contributed by atoms with van der Waals surface area (Å²) >= 11 is 3.34. The third-order valence-corrected chi connectivity index (χ3v) is 3.65. The van der Waals surface area contributed by atoms with Crippen molar-refractivity contribution in [2.24, 2.45) is 0 Å². The lowest BCUT2D eigenvalue weighted by Gasteiger charge is -2.33. The number of aryl methyl sites for hydroxylation is 1. The number of carbonyl (C=O) groups is 3. The first kappa shape index (κ1) is 14.7. The molecule has 6 heteroatoms. The molecule has 1 aliphatic heterocycles. The SMILES string of the molecule is CCC1C(=O)NC(=O)CN1C(=O)c1cc(C)cc(Br)c1. The van der Waals surface area contributed by atoms with Crippen molar-refractivity contribution in [3.63, 3.8) is 0 Å². The molecule has 3 amide bonds. The van der Waals surface area contributed by atoms with Crippen molar-refractivity contribution in [3.8, 4) is 0 Å². The summed E-state index contributed by atoms with van der Waals surface area (Å²) in [5.74, 6) is -1.16. The van der Waals surface area contributed by atoms with Gasteiger partial charge in [-0.15, -0.1) is 0 Å². The first-order valence-corrected chi connectivity index (χ1v) is 7.13. The van der Waals surface area contributed by atoms with Gasteiger partial charge in [0.2, 0.25) is 11.8 Å². The van der Waals surface area contributed by atoms with Gasteiger partial charge in [-0.1, -0.05) is 22.9 Å². The summed E-state index contributed by atoms with van der Waals surface area (Å²) in [7, 11) is 0. The molecule has 1 aliphatic rings. The first-order valence-electron chi connectivity index (χ1n) is 6.34. The zero-order valence-corrected chi connectivity index (χ0v) is 12.9. The zero-order chi connectivity index (χ0) is 14.9. The number of nitrogens with zero attached hydrogens (tertiary/aromatic N) is 1. The number of benzene rings is 1. The molecule has 106 valence electrons. The smallest absolute Gasteiger partial charge is 0.255 e. The van der Waals surface area contributed by atoms with Crippen molar-refractivity contribution < 1.29 is 14.4 Å². The first-order chi connectivity index (χ1) is 9.42. The molecule has 0 saturated carbocycles. The number of nitrogens with one attached hydrogen (secondary N) is 1. The fourth-order valence-electron chi connectivity index (χ4n) is 2.31. The zero-order valence-electron chi connectivity index (χ0n) is 11.3. The van der Waals surface area contributed by atoms with E-state index in [-0.39, 0.29) is 12.5 Å². The van der Waals surface area contributed by atoms with E-state index in [9.17, 15) is 14.4 Å². The normalized spacial score (nSPS) is 18.9. The molecule has 0 radical (unpaired) electrons. The van der Waals surface area contributed by atoms with E-state index in [1.54, 1.807) is 12.1 Å². The number of carbonyl (C=O) groups excluding carboxylic acids is 3. The molecular weight excluding hydrogens is 324 g/mol. The van der Waals surface area contributed by atoms with Crippen molar-refractivity contribution in [2.45, 2.75) is 26.3 Å². The van der Waals surface area contributed by atoms with E-state index in [1.807, 2.05) is 19.9 Å². The van der Waals surface area contributed by atoms with Gasteiger partial charge < -0.3 is 4.90 Å². The molecule has 0 bridgehead atoms. The highest BCUT2D eigenvalue weighted by Crippen LogP contribution is 2.19. The number of amides is 3. The van der Waals surface area contributed by atoms with Gasteiger partial charge in [0.05, 0.1) is 0 Å². The highest BCUT2D eigenvalue weighted by atomic mass is 79.9. The Labute approximate surface area is 125 Å². The second-order valence-corrected chi connectivity index (χ2v) is 5.70. The van der Waals surface area contributed by atoms with Crippen molar-refractivity contribution in [1.82, 2.24) is 10.2 Å². The molecule has 1 aromatic carbocycles. The third kappa shape index (κ3) is 2.90. The molecule has 1 atom stereocenters. The molecule has 20 heavy (non-hydrogen) atoms. The van der Waals surface area contributed by atoms with Gasteiger partial charge in [0.15, 0.2) is 0 Å². The fraction of sp³-hybridized carbons (Fsp3) is 0.357. The van der Waals surface area contributed by atoms with E-state index >= 15 is 0 Å². The van der Waals surface area contributed by atoms with Crippen LogP contribution < -0.4 is 5.32 Å². The molecule has 5 nitrogen and oxygen atoms in total. The van der Waals surface area contributed by atoms with Gasteiger partial charge >= 0.3 is 0 Å². The molecule has 1 N–H and O–H groups in total.